The van der Waals surface area contributed by atoms with Crippen LogP contribution >= 0.6 is 0 Å². The predicted octanol–water partition coefficient (Wildman–Crippen LogP) is 4.48. The molecule has 0 saturated heterocycles. The Balaban J connectivity index is 1.72. The van der Waals surface area contributed by atoms with Gasteiger partial charge in [0.05, 0.1) is 11.6 Å². The molecule has 23 heavy (non-hydrogen) atoms. The normalized spacial score (nSPS) is 18.6. The van der Waals surface area contributed by atoms with E-state index in [1.807, 2.05) is 0 Å². The maximum atomic E-state index is 4.88. The highest BCUT2D eigenvalue weighted by molar-refractivity contribution is 6.09. The first-order chi connectivity index (χ1) is 11.4. The number of para-hydroxylation sites is 1. The van der Waals surface area contributed by atoms with Gasteiger partial charge in [0.15, 0.2) is 0 Å². The fraction of sp³-hybridized carbons (Fsp3) is 0.143. The molecule has 1 aromatic heterocycles. The number of allylic oxidation sites excluding steroid dienone is 1. The summed E-state index contributed by atoms with van der Waals surface area (Å²) < 4.78 is 0. The van der Waals surface area contributed by atoms with Gasteiger partial charge < -0.3 is 4.98 Å². The van der Waals surface area contributed by atoms with Crippen LogP contribution in [-0.4, -0.2) is 17.2 Å². The molecule has 1 aliphatic carbocycles. The minimum absolute atomic E-state index is 0.156. The van der Waals surface area contributed by atoms with Crippen molar-refractivity contribution in [1.82, 2.24) is 4.98 Å². The van der Waals surface area contributed by atoms with Gasteiger partial charge in [-0.05, 0) is 35.8 Å². The molecule has 2 aromatic carbocycles. The van der Waals surface area contributed by atoms with Gasteiger partial charge in [-0.2, -0.15) is 0 Å². The average molecular weight is 296 g/mol. The van der Waals surface area contributed by atoms with Crippen molar-refractivity contribution in [3.63, 3.8) is 0 Å². The maximum absolute atomic E-state index is 4.88. The van der Waals surface area contributed by atoms with Crippen LogP contribution in [0.15, 0.2) is 65.3 Å². The minimum Gasteiger partial charge on any atom is -0.357 e. The van der Waals surface area contributed by atoms with E-state index in [1.54, 1.807) is 0 Å². The number of H-pyrrole nitrogens is 1. The number of aromatic amines is 1. The molecule has 2 nitrogen and oxygen atoms in total. The smallest absolute Gasteiger partial charge is 0.0676 e. The number of aliphatic imine (C=N–C) groups is 1. The fourth-order valence-corrected chi connectivity index (χ4v) is 3.75. The van der Waals surface area contributed by atoms with Crippen LogP contribution < -0.4 is 0 Å². The lowest BCUT2D eigenvalue weighted by Crippen LogP contribution is -2.20. The molecule has 3 aromatic rings. The highest BCUT2D eigenvalue weighted by Crippen LogP contribution is 2.35. The molecular formula is C21H16N2. The monoisotopic (exact) mass is 296 g/mol. The summed E-state index contributed by atoms with van der Waals surface area (Å²) in [7, 11) is 0. The van der Waals surface area contributed by atoms with Gasteiger partial charge >= 0.3 is 0 Å². The highest BCUT2D eigenvalue weighted by Gasteiger charge is 2.27. The predicted molar refractivity (Wildman–Crippen MR) is 95.1 cm³/mol. The van der Waals surface area contributed by atoms with Gasteiger partial charge in [0.2, 0.25) is 0 Å². The van der Waals surface area contributed by atoms with Crippen molar-refractivity contribution in [3.05, 3.63) is 82.7 Å². The van der Waals surface area contributed by atoms with Crippen molar-refractivity contribution in [2.45, 2.75) is 12.3 Å². The Morgan fingerprint density at radius 3 is 2.91 bits per heavy atom. The summed E-state index contributed by atoms with van der Waals surface area (Å²) in [4.78, 5) is 8.49. The van der Waals surface area contributed by atoms with Gasteiger partial charge in [0, 0.05) is 28.7 Å². The molecule has 0 bridgehead atoms. The van der Waals surface area contributed by atoms with E-state index in [1.165, 1.54) is 39.0 Å². The number of nitrogens with zero attached hydrogens (tertiary/aromatic N) is 1. The quantitative estimate of drug-likeness (QED) is 0.641. The van der Waals surface area contributed by atoms with Crippen molar-refractivity contribution >= 4 is 22.7 Å². The molecule has 5 rings (SSSR count). The van der Waals surface area contributed by atoms with Crippen LogP contribution in [0.25, 0.3) is 17.0 Å². The first-order valence-corrected chi connectivity index (χ1v) is 8.07. The number of fused-ring (bicyclic) bond motifs is 4. The lowest BCUT2D eigenvalue weighted by Gasteiger charge is -2.23. The van der Waals surface area contributed by atoms with E-state index in [-0.39, 0.29) is 5.92 Å². The van der Waals surface area contributed by atoms with Gasteiger partial charge in [0.25, 0.3) is 0 Å². The summed E-state index contributed by atoms with van der Waals surface area (Å²) in [5.41, 5.74) is 10.9. The third-order valence-electron chi connectivity index (χ3n) is 4.83. The summed E-state index contributed by atoms with van der Waals surface area (Å²) in [5, 5.41) is 1.26. The second-order valence-electron chi connectivity index (χ2n) is 6.13. The SMILES string of the molecule is C1=Cc2c([nH]c3ccccc23)C(C2=NCCc3ccccc32)C=1. The Hall–Kier alpha value is -2.83. The fourth-order valence-electron chi connectivity index (χ4n) is 3.75. The zero-order valence-electron chi connectivity index (χ0n) is 12.7. The number of hydrogen-bond donors (Lipinski definition) is 1. The van der Waals surface area contributed by atoms with Gasteiger partial charge in [-0.3, -0.25) is 4.99 Å². The summed E-state index contributed by atoms with van der Waals surface area (Å²) in [6.07, 6.45) is 5.25. The molecular weight excluding hydrogens is 280 g/mol. The van der Waals surface area contributed by atoms with Gasteiger partial charge in [-0.25, -0.2) is 0 Å². The standard InChI is InChI=1S/C21H16N2/c1-2-7-15-14(6-1)12-13-22-20(15)18-10-5-9-17-16-8-3-4-11-19(16)23-21(17)18/h1-4,6-11,18,23H,12-13H2. The summed E-state index contributed by atoms with van der Waals surface area (Å²) in [6.45, 7) is 0.871. The van der Waals surface area contributed by atoms with E-state index < -0.39 is 0 Å². The summed E-state index contributed by atoms with van der Waals surface area (Å²) in [6, 6.07) is 17.1. The first kappa shape index (κ1) is 12.7. The van der Waals surface area contributed by atoms with E-state index in [0.717, 1.165) is 13.0 Å². The maximum Gasteiger partial charge on any atom is 0.0676 e. The summed E-state index contributed by atoms with van der Waals surface area (Å²) in [5.74, 6) is 0.156. The Bertz CT molecular complexity index is 1010. The van der Waals surface area contributed by atoms with Crippen LogP contribution in [-0.2, 0) is 6.42 Å². The van der Waals surface area contributed by atoms with Crippen molar-refractivity contribution in [3.8, 4) is 0 Å². The highest BCUT2D eigenvalue weighted by atomic mass is 14.8. The molecule has 1 N–H and O–H groups in total. The van der Waals surface area contributed by atoms with Gasteiger partial charge in [0.1, 0.15) is 0 Å². The van der Waals surface area contributed by atoms with Gasteiger partial charge in [-0.15, -0.1) is 5.73 Å². The Morgan fingerprint density at radius 2 is 1.91 bits per heavy atom. The zero-order chi connectivity index (χ0) is 15.2. The van der Waals surface area contributed by atoms with Crippen LogP contribution in [0.5, 0.6) is 0 Å². The molecule has 1 unspecified atom stereocenters. The van der Waals surface area contributed by atoms with Crippen LogP contribution in [0.3, 0.4) is 0 Å². The number of aromatic nitrogens is 1. The van der Waals surface area contributed by atoms with Crippen LogP contribution in [0, 0.1) is 0 Å². The molecule has 0 fully saturated rings. The number of benzene rings is 2. The number of rotatable bonds is 1. The lowest BCUT2D eigenvalue weighted by molar-refractivity contribution is 0.914. The molecule has 0 amide bonds. The minimum atomic E-state index is 0.156. The largest absolute Gasteiger partial charge is 0.357 e. The lowest BCUT2D eigenvalue weighted by atomic mass is 9.85. The zero-order valence-corrected chi connectivity index (χ0v) is 12.7. The second kappa shape index (κ2) is 4.84. The first-order valence-electron chi connectivity index (χ1n) is 8.07. The molecule has 2 heteroatoms. The molecule has 2 heterocycles. The van der Waals surface area contributed by atoms with Crippen molar-refractivity contribution < 1.29 is 0 Å². The third-order valence-corrected chi connectivity index (χ3v) is 4.83. The molecule has 0 spiro atoms. The van der Waals surface area contributed by atoms with Crippen molar-refractivity contribution in [2.75, 3.05) is 6.54 Å². The van der Waals surface area contributed by atoms with E-state index in [4.69, 9.17) is 4.99 Å². The summed E-state index contributed by atoms with van der Waals surface area (Å²) >= 11 is 0. The van der Waals surface area contributed by atoms with Crippen LogP contribution in [0.2, 0.25) is 0 Å². The Labute approximate surface area is 134 Å². The average Bonchev–Trinajstić information content (AvgIpc) is 3.00. The van der Waals surface area contributed by atoms with E-state index >= 15 is 0 Å². The topological polar surface area (TPSA) is 28.1 Å². The third kappa shape index (κ3) is 1.86. The van der Waals surface area contributed by atoms with Crippen LogP contribution in [0.4, 0.5) is 0 Å². The Morgan fingerprint density at radius 1 is 1.04 bits per heavy atom. The molecule has 0 radical (unpaired) electrons. The van der Waals surface area contributed by atoms with Crippen molar-refractivity contribution in [2.24, 2.45) is 4.99 Å². The van der Waals surface area contributed by atoms with Crippen LogP contribution in [0.1, 0.15) is 28.3 Å². The molecule has 110 valence electrons. The van der Waals surface area contributed by atoms with E-state index in [2.05, 4.69) is 71.4 Å². The van der Waals surface area contributed by atoms with Gasteiger partial charge in [-0.1, -0.05) is 42.5 Å². The van der Waals surface area contributed by atoms with E-state index in [9.17, 15) is 0 Å². The molecule has 2 aliphatic rings. The van der Waals surface area contributed by atoms with Crippen molar-refractivity contribution in [1.29, 1.82) is 0 Å². The molecule has 1 aliphatic heterocycles. The number of hydrogen-bond acceptors (Lipinski definition) is 1. The molecule has 0 saturated carbocycles. The Kier molecular flexibility index (Phi) is 2.67. The molecule has 1 atom stereocenters. The van der Waals surface area contributed by atoms with E-state index in [0.29, 0.717) is 0 Å². The second-order valence-corrected chi connectivity index (χ2v) is 6.13. The number of nitrogens with one attached hydrogen (secondary N) is 1.